The van der Waals surface area contributed by atoms with E-state index in [0.29, 0.717) is 10.7 Å². The lowest BCUT2D eigenvalue weighted by Gasteiger charge is -2.25. The number of likely N-dealkylation sites (tertiary alicyclic amines) is 1. The summed E-state index contributed by atoms with van der Waals surface area (Å²) in [5.74, 6) is 1.79. The van der Waals surface area contributed by atoms with E-state index in [1.54, 1.807) is 12.1 Å². The van der Waals surface area contributed by atoms with Crippen LogP contribution in [0.4, 0.5) is 0 Å². The van der Waals surface area contributed by atoms with Crippen LogP contribution in [0, 0.1) is 0 Å². The fraction of sp³-hybridized carbons (Fsp3) is 0.429. The molecule has 1 aliphatic rings. The van der Waals surface area contributed by atoms with Gasteiger partial charge in [0.25, 0.3) is 5.91 Å². The van der Waals surface area contributed by atoms with Gasteiger partial charge in [0.05, 0.1) is 0 Å². The molecule has 1 saturated heterocycles. The van der Waals surface area contributed by atoms with E-state index >= 15 is 0 Å². The average molecular weight is 434 g/mol. The number of hydrogen-bond acceptors (Lipinski definition) is 5. The summed E-state index contributed by atoms with van der Waals surface area (Å²) in [5, 5.41) is 6.20. The number of carbonyl (C=O) groups excluding carboxylic acids is 1. The van der Waals surface area contributed by atoms with Crippen molar-refractivity contribution in [3.05, 3.63) is 57.8 Å². The first-order valence-corrected chi connectivity index (χ1v) is 12.1. The van der Waals surface area contributed by atoms with Crippen LogP contribution in [0.1, 0.15) is 39.4 Å². The molecule has 0 bridgehead atoms. The van der Waals surface area contributed by atoms with Gasteiger partial charge in [0.1, 0.15) is 0 Å². The minimum Gasteiger partial charge on any atom is -0.362 e. The highest BCUT2D eigenvalue weighted by molar-refractivity contribution is 7.98. The summed E-state index contributed by atoms with van der Waals surface area (Å²) in [5.41, 5.74) is 0.610. The number of thiocarbonyl (C=S) groups is 1. The van der Waals surface area contributed by atoms with E-state index in [-0.39, 0.29) is 5.91 Å². The molecule has 1 aliphatic heterocycles. The first-order valence-electron chi connectivity index (χ1n) is 9.72. The Kier molecular flexibility index (Phi) is 8.79. The first-order chi connectivity index (χ1) is 13.7. The lowest BCUT2D eigenvalue weighted by molar-refractivity contribution is 0.0976. The summed E-state index contributed by atoms with van der Waals surface area (Å²) in [6, 6.07) is 13.6. The van der Waals surface area contributed by atoms with Crippen LogP contribution in [0.5, 0.6) is 0 Å². The molecule has 1 fully saturated rings. The highest BCUT2D eigenvalue weighted by Gasteiger charge is 2.11. The van der Waals surface area contributed by atoms with Gasteiger partial charge in [0.2, 0.25) is 0 Å². The zero-order valence-corrected chi connectivity index (χ0v) is 18.4. The Labute approximate surface area is 181 Å². The molecule has 0 aliphatic carbocycles. The second-order valence-electron chi connectivity index (χ2n) is 6.83. The minimum atomic E-state index is -0.175. The van der Waals surface area contributed by atoms with E-state index in [4.69, 9.17) is 12.2 Å². The molecule has 1 amide bonds. The Morgan fingerprint density at radius 1 is 1.07 bits per heavy atom. The van der Waals surface area contributed by atoms with E-state index in [2.05, 4.69) is 27.7 Å². The number of thioether (sulfide) groups is 1. The predicted molar refractivity (Wildman–Crippen MR) is 124 cm³/mol. The molecule has 0 spiro atoms. The van der Waals surface area contributed by atoms with Gasteiger partial charge in [-0.2, -0.15) is 11.8 Å². The number of piperidine rings is 1. The summed E-state index contributed by atoms with van der Waals surface area (Å²) in [7, 11) is 0. The van der Waals surface area contributed by atoms with E-state index in [0.717, 1.165) is 24.6 Å². The lowest BCUT2D eigenvalue weighted by Crippen LogP contribution is -2.40. The van der Waals surface area contributed by atoms with Gasteiger partial charge in [-0.25, -0.2) is 0 Å². The largest absolute Gasteiger partial charge is 0.362 e. The van der Waals surface area contributed by atoms with Gasteiger partial charge in [0.15, 0.2) is 5.11 Å². The molecule has 2 N–H and O–H groups in total. The number of benzene rings is 1. The van der Waals surface area contributed by atoms with Gasteiger partial charge in [-0.1, -0.05) is 24.6 Å². The van der Waals surface area contributed by atoms with Crippen molar-refractivity contribution in [2.45, 2.75) is 31.6 Å². The van der Waals surface area contributed by atoms with Crippen molar-refractivity contribution in [2.75, 3.05) is 25.4 Å². The Morgan fingerprint density at radius 3 is 2.61 bits per heavy atom. The normalized spacial score (nSPS) is 14.6. The Bertz CT molecular complexity index is 757. The van der Waals surface area contributed by atoms with Crippen LogP contribution in [0.3, 0.4) is 0 Å². The summed E-state index contributed by atoms with van der Waals surface area (Å²) in [6.45, 7) is 4.33. The summed E-state index contributed by atoms with van der Waals surface area (Å²) < 4.78 is 0. The van der Waals surface area contributed by atoms with Gasteiger partial charge in [-0.15, -0.1) is 11.3 Å². The third-order valence-corrected chi connectivity index (χ3v) is 7.09. The molecule has 0 atom stereocenters. The summed E-state index contributed by atoms with van der Waals surface area (Å²) >= 11 is 9.02. The van der Waals surface area contributed by atoms with Crippen molar-refractivity contribution in [1.82, 2.24) is 15.5 Å². The Hall–Kier alpha value is -1.41. The molecule has 0 unspecified atom stereocenters. The molecule has 0 radical (unpaired) electrons. The fourth-order valence-electron chi connectivity index (χ4n) is 3.14. The third-order valence-electron chi connectivity index (χ3n) is 4.58. The van der Waals surface area contributed by atoms with E-state index in [9.17, 15) is 4.79 Å². The number of rotatable bonds is 8. The van der Waals surface area contributed by atoms with Crippen LogP contribution in [0.25, 0.3) is 0 Å². The highest BCUT2D eigenvalue weighted by atomic mass is 32.2. The van der Waals surface area contributed by atoms with Crippen molar-refractivity contribution in [3.63, 3.8) is 0 Å². The molecule has 2 heterocycles. The Morgan fingerprint density at radius 2 is 1.82 bits per heavy atom. The number of thiophene rings is 1. The van der Waals surface area contributed by atoms with Crippen LogP contribution >= 0.6 is 35.3 Å². The molecule has 150 valence electrons. The van der Waals surface area contributed by atoms with Crippen LogP contribution in [-0.4, -0.2) is 41.3 Å². The summed E-state index contributed by atoms with van der Waals surface area (Å²) in [6.07, 6.45) is 4.07. The topological polar surface area (TPSA) is 44.4 Å². The average Bonchev–Trinajstić information content (AvgIpc) is 3.16. The molecule has 1 aromatic heterocycles. The van der Waals surface area contributed by atoms with Crippen LogP contribution in [0.15, 0.2) is 42.5 Å². The van der Waals surface area contributed by atoms with Crippen molar-refractivity contribution in [1.29, 1.82) is 0 Å². The van der Waals surface area contributed by atoms with E-state index < -0.39 is 0 Å². The number of amides is 1. The number of nitrogens with zero attached hydrogens (tertiary/aromatic N) is 1. The van der Waals surface area contributed by atoms with Gasteiger partial charge >= 0.3 is 0 Å². The zero-order valence-electron chi connectivity index (χ0n) is 16.0. The number of nitrogens with one attached hydrogen (secondary N) is 2. The minimum absolute atomic E-state index is 0.175. The standard InChI is InChI=1S/C21H27N3OS3/c25-20(17-7-3-1-4-8-17)23-21(26)22-11-14-27-16-19-10-9-18(28-19)15-24-12-5-2-6-13-24/h1,3-4,7-10H,2,5-6,11-16H2,(H2,22,23,25,26). The van der Waals surface area contributed by atoms with E-state index in [1.807, 2.05) is 41.3 Å². The first kappa shape index (κ1) is 21.3. The fourth-order valence-corrected chi connectivity index (χ4v) is 5.37. The molecule has 1 aromatic carbocycles. The SMILES string of the molecule is O=C(NC(=S)NCCSCc1ccc(CN2CCCCC2)s1)c1ccccc1. The second kappa shape index (κ2) is 11.6. The van der Waals surface area contributed by atoms with Crippen LogP contribution in [0.2, 0.25) is 0 Å². The van der Waals surface area contributed by atoms with Gasteiger partial charge in [0, 0.05) is 39.9 Å². The third kappa shape index (κ3) is 7.20. The van der Waals surface area contributed by atoms with Crippen molar-refractivity contribution < 1.29 is 4.79 Å². The molecular formula is C21H27N3OS3. The van der Waals surface area contributed by atoms with Crippen LogP contribution < -0.4 is 10.6 Å². The maximum Gasteiger partial charge on any atom is 0.257 e. The van der Waals surface area contributed by atoms with Gasteiger partial charge < -0.3 is 5.32 Å². The molecule has 3 rings (SSSR count). The van der Waals surface area contributed by atoms with Crippen molar-refractivity contribution in [2.24, 2.45) is 0 Å². The maximum atomic E-state index is 12.0. The van der Waals surface area contributed by atoms with E-state index in [1.165, 1.54) is 42.1 Å². The smallest absolute Gasteiger partial charge is 0.257 e. The van der Waals surface area contributed by atoms with Crippen molar-refractivity contribution in [3.8, 4) is 0 Å². The van der Waals surface area contributed by atoms with Gasteiger partial charge in [-0.3, -0.25) is 15.0 Å². The molecule has 28 heavy (non-hydrogen) atoms. The highest BCUT2D eigenvalue weighted by Crippen LogP contribution is 2.23. The monoisotopic (exact) mass is 433 g/mol. The molecule has 7 heteroatoms. The maximum absolute atomic E-state index is 12.0. The van der Waals surface area contributed by atoms with Crippen molar-refractivity contribution >= 4 is 46.3 Å². The molecule has 2 aromatic rings. The number of carbonyl (C=O) groups is 1. The summed E-state index contributed by atoms with van der Waals surface area (Å²) in [4.78, 5) is 17.5. The Balaban J connectivity index is 1.28. The molecular weight excluding hydrogens is 406 g/mol. The second-order valence-corrected chi connectivity index (χ2v) is 9.60. The molecule has 0 saturated carbocycles. The zero-order chi connectivity index (χ0) is 19.6. The quantitative estimate of drug-likeness (QED) is 0.481. The van der Waals surface area contributed by atoms with Crippen LogP contribution in [-0.2, 0) is 12.3 Å². The molecule has 4 nitrogen and oxygen atoms in total. The van der Waals surface area contributed by atoms with Gasteiger partial charge in [-0.05, 0) is 62.4 Å². The predicted octanol–water partition coefficient (Wildman–Crippen LogP) is 4.27. The lowest BCUT2D eigenvalue weighted by atomic mass is 10.1. The number of hydrogen-bond donors (Lipinski definition) is 2.